The topological polar surface area (TPSA) is 79.8 Å². The number of hydrazone groups is 1. The molecule has 26 heavy (non-hydrogen) atoms. The molecule has 0 aromatic heterocycles. The number of halogens is 1. The fraction of sp³-hybridized carbons (Fsp3) is 0.211. The highest BCUT2D eigenvalue weighted by molar-refractivity contribution is 9.10. The minimum Gasteiger partial charge on any atom is -0.488 e. The Morgan fingerprint density at radius 1 is 1.15 bits per heavy atom. The average Bonchev–Trinajstić information content (AvgIpc) is 2.66. The zero-order valence-electron chi connectivity index (χ0n) is 14.4. The van der Waals surface area contributed by atoms with E-state index in [1.807, 2.05) is 55.5 Å². The predicted octanol–water partition coefficient (Wildman–Crippen LogP) is 3.00. The Hall–Kier alpha value is -2.67. The van der Waals surface area contributed by atoms with Gasteiger partial charge in [0.15, 0.2) is 0 Å². The zero-order chi connectivity index (χ0) is 18.8. The van der Waals surface area contributed by atoms with E-state index in [1.165, 1.54) is 6.21 Å². The molecule has 2 N–H and O–H groups in total. The first-order valence-electron chi connectivity index (χ1n) is 8.17. The summed E-state index contributed by atoms with van der Waals surface area (Å²) in [5, 5.41) is 6.32. The van der Waals surface area contributed by atoms with Crippen molar-refractivity contribution in [3.05, 3.63) is 64.1 Å². The van der Waals surface area contributed by atoms with Crippen molar-refractivity contribution >= 4 is 34.0 Å². The summed E-state index contributed by atoms with van der Waals surface area (Å²) in [7, 11) is 0. The van der Waals surface area contributed by atoms with Crippen molar-refractivity contribution in [2.75, 3.05) is 6.54 Å². The van der Waals surface area contributed by atoms with Gasteiger partial charge in [0.05, 0.1) is 6.21 Å². The van der Waals surface area contributed by atoms with Gasteiger partial charge in [-0.15, -0.1) is 0 Å². The molecule has 7 heteroatoms. The molecule has 0 saturated heterocycles. The molecular weight excluding hydrogens is 398 g/mol. The lowest BCUT2D eigenvalue weighted by molar-refractivity contribution is -0.139. The fourth-order valence-electron chi connectivity index (χ4n) is 2.02. The van der Waals surface area contributed by atoms with Gasteiger partial charge in [-0.1, -0.05) is 53.2 Å². The quantitative estimate of drug-likeness (QED) is 0.412. The van der Waals surface area contributed by atoms with Crippen LogP contribution in [0.4, 0.5) is 0 Å². The molecule has 2 aromatic carbocycles. The van der Waals surface area contributed by atoms with Crippen LogP contribution in [0.25, 0.3) is 0 Å². The highest BCUT2D eigenvalue weighted by Crippen LogP contribution is 2.22. The Morgan fingerprint density at radius 2 is 1.92 bits per heavy atom. The van der Waals surface area contributed by atoms with Crippen molar-refractivity contribution in [1.82, 2.24) is 10.7 Å². The molecule has 0 bridgehead atoms. The molecule has 0 atom stereocenters. The van der Waals surface area contributed by atoms with Gasteiger partial charge in [0.1, 0.15) is 12.4 Å². The normalized spacial score (nSPS) is 10.5. The number of benzene rings is 2. The summed E-state index contributed by atoms with van der Waals surface area (Å²) < 4.78 is 6.68. The summed E-state index contributed by atoms with van der Waals surface area (Å²) in [5.41, 5.74) is 3.92. The van der Waals surface area contributed by atoms with Crippen molar-refractivity contribution in [3.8, 4) is 5.75 Å². The third-order valence-electron chi connectivity index (χ3n) is 3.32. The van der Waals surface area contributed by atoms with Crippen LogP contribution < -0.4 is 15.5 Å². The Kier molecular flexibility index (Phi) is 7.82. The maximum Gasteiger partial charge on any atom is 0.329 e. The number of nitrogens with zero attached hydrogens (tertiary/aromatic N) is 1. The van der Waals surface area contributed by atoms with Crippen molar-refractivity contribution in [2.24, 2.45) is 5.10 Å². The number of rotatable bonds is 7. The second kappa shape index (κ2) is 10.4. The van der Waals surface area contributed by atoms with Crippen molar-refractivity contribution in [3.63, 3.8) is 0 Å². The lowest BCUT2D eigenvalue weighted by Crippen LogP contribution is -2.38. The molecule has 0 aliphatic heterocycles. The van der Waals surface area contributed by atoms with Crippen LogP contribution >= 0.6 is 15.9 Å². The van der Waals surface area contributed by atoms with Gasteiger partial charge in [-0.25, -0.2) is 5.43 Å². The van der Waals surface area contributed by atoms with E-state index in [0.717, 1.165) is 16.5 Å². The average molecular weight is 418 g/mol. The Balaban J connectivity index is 2.00. The van der Waals surface area contributed by atoms with Crippen LogP contribution in [0.5, 0.6) is 5.75 Å². The third kappa shape index (κ3) is 6.33. The number of nitrogens with one attached hydrogen (secondary N) is 2. The highest BCUT2D eigenvalue weighted by Gasteiger charge is 2.11. The first-order valence-corrected chi connectivity index (χ1v) is 8.97. The Labute approximate surface area is 160 Å². The van der Waals surface area contributed by atoms with Gasteiger partial charge in [-0.05, 0) is 30.2 Å². The zero-order valence-corrected chi connectivity index (χ0v) is 16.0. The van der Waals surface area contributed by atoms with Crippen LogP contribution in [0, 0.1) is 0 Å². The SMILES string of the molecule is CCCNC(=O)C(=O)N/N=C\c1cc(Br)ccc1OCc1ccccc1. The van der Waals surface area contributed by atoms with Crippen molar-refractivity contribution in [1.29, 1.82) is 0 Å². The van der Waals surface area contributed by atoms with E-state index in [4.69, 9.17) is 4.74 Å². The standard InChI is InChI=1S/C19H20BrN3O3/c1-2-10-21-18(24)19(25)23-22-12-15-11-16(20)8-9-17(15)26-13-14-6-4-3-5-7-14/h3-9,11-12H,2,10,13H2,1H3,(H,21,24)(H,23,25)/b22-12-. The van der Waals surface area contributed by atoms with E-state index < -0.39 is 11.8 Å². The van der Waals surface area contributed by atoms with E-state index in [0.29, 0.717) is 24.5 Å². The van der Waals surface area contributed by atoms with Crippen LogP contribution in [0.1, 0.15) is 24.5 Å². The smallest absolute Gasteiger partial charge is 0.329 e. The molecule has 0 spiro atoms. The summed E-state index contributed by atoms with van der Waals surface area (Å²) in [6, 6.07) is 15.3. The first-order chi connectivity index (χ1) is 12.6. The second-order valence-electron chi connectivity index (χ2n) is 5.41. The number of carbonyl (C=O) groups excluding carboxylic acids is 2. The second-order valence-corrected chi connectivity index (χ2v) is 6.33. The largest absolute Gasteiger partial charge is 0.488 e. The lowest BCUT2D eigenvalue weighted by Gasteiger charge is -2.09. The van der Waals surface area contributed by atoms with E-state index in [9.17, 15) is 9.59 Å². The molecular formula is C19H20BrN3O3. The van der Waals surface area contributed by atoms with Gasteiger partial charge >= 0.3 is 11.8 Å². The molecule has 0 unspecified atom stereocenters. The molecule has 0 saturated carbocycles. The van der Waals surface area contributed by atoms with Gasteiger partial charge in [0, 0.05) is 16.6 Å². The number of hydrogen-bond acceptors (Lipinski definition) is 4. The Bertz CT molecular complexity index is 779. The van der Waals surface area contributed by atoms with Gasteiger partial charge in [0.25, 0.3) is 0 Å². The van der Waals surface area contributed by atoms with Crippen LogP contribution in [0.15, 0.2) is 58.1 Å². The van der Waals surface area contributed by atoms with Crippen LogP contribution in [0.3, 0.4) is 0 Å². The first kappa shape index (κ1) is 19.7. The molecule has 0 aliphatic carbocycles. The molecule has 0 heterocycles. The highest BCUT2D eigenvalue weighted by atomic mass is 79.9. The van der Waals surface area contributed by atoms with Gasteiger partial charge in [-0.3, -0.25) is 9.59 Å². The van der Waals surface area contributed by atoms with Crippen LogP contribution in [-0.4, -0.2) is 24.6 Å². The molecule has 0 fully saturated rings. The summed E-state index contributed by atoms with van der Waals surface area (Å²) in [6.45, 7) is 2.76. The third-order valence-corrected chi connectivity index (χ3v) is 3.81. The van der Waals surface area contributed by atoms with E-state index in [2.05, 4.69) is 31.8 Å². The number of amides is 2. The molecule has 6 nitrogen and oxygen atoms in total. The minimum absolute atomic E-state index is 0.412. The van der Waals surface area contributed by atoms with Crippen LogP contribution in [-0.2, 0) is 16.2 Å². The van der Waals surface area contributed by atoms with Gasteiger partial charge < -0.3 is 10.1 Å². The monoisotopic (exact) mass is 417 g/mol. The molecule has 2 aromatic rings. The summed E-state index contributed by atoms with van der Waals surface area (Å²) in [5.74, 6) is -0.902. The maximum atomic E-state index is 11.6. The number of ether oxygens (including phenoxy) is 1. The molecule has 2 amide bonds. The maximum absolute atomic E-state index is 11.6. The minimum atomic E-state index is -0.809. The van der Waals surface area contributed by atoms with Crippen LogP contribution in [0.2, 0.25) is 0 Å². The Morgan fingerprint density at radius 3 is 2.65 bits per heavy atom. The molecule has 0 aliphatic rings. The molecule has 0 radical (unpaired) electrons. The van der Waals surface area contributed by atoms with Gasteiger partial charge in [0.2, 0.25) is 0 Å². The molecule has 136 valence electrons. The lowest BCUT2D eigenvalue weighted by atomic mass is 10.2. The van der Waals surface area contributed by atoms with E-state index >= 15 is 0 Å². The van der Waals surface area contributed by atoms with E-state index in [-0.39, 0.29) is 0 Å². The summed E-state index contributed by atoms with van der Waals surface area (Å²) in [4.78, 5) is 23.1. The van der Waals surface area contributed by atoms with Crippen molar-refractivity contribution < 1.29 is 14.3 Å². The van der Waals surface area contributed by atoms with Gasteiger partial charge in [-0.2, -0.15) is 5.10 Å². The molecule has 2 rings (SSSR count). The predicted molar refractivity (Wildman–Crippen MR) is 104 cm³/mol. The van der Waals surface area contributed by atoms with Crippen molar-refractivity contribution in [2.45, 2.75) is 20.0 Å². The summed E-state index contributed by atoms with van der Waals surface area (Å²) in [6.07, 6.45) is 2.19. The number of hydrogen-bond donors (Lipinski definition) is 2. The fourth-order valence-corrected chi connectivity index (χ4v) is 2.40. The number of carbonyl (C=O) groups is 2. The van der Waals surface area contributed by atoms with E-state index in [1.54, 1.807) is 0 Å². The summed E-state index contributed by atoms with van der Waals surface area (Å²) >= 11 is 3.40.